The van der Waals surface area contributed by atoms with Crippen LogP contribution in [0.4, 0.5) is 0 Å². The van der Waals surface area contributed by atoms with E-state index in [0.717, 1.165) is 25.5 Å². The van der Waals surface area contributed by atoms with E-state index in [1.54, 1.807) is 0 Å². The Balaban J connectivity index is 2.29. The number of hydrogen-bond acceptors (Lipinski definition) is 3. The minimum atomic E-state index is 0.567. The third-order valence-electron chi connectivity index (χ3n) is 2.83. The zero-order valence-corrected chi connectivity index (χ0v) is 11.8. The maximum atomic E-state index is 4.34. The Kier molecular flexibility index (Phi) is 5.65. The fourth-order valence-electron chi connectivity index (χ4n) is 1.89. The first kappa shape index (κ1) is 14.2. The van der Waals surface area contributed by atoms with E-state index >= 15 is 0 Å². The Morgan fingerprint density at radius 2 is 2.12 bits per heavy atom. The molecule has 4 nitrogen and oxygen atoms in total. The van der Waals surface area contributed by atoms with Crippen LogP contribution >= 0.6 is 0 Å². The van der Waals surface area contributed by atoms with Gasteiger partial charge in [-0.05, 0) is 19.5 Å². The smallest absolute Gasteiger partial charge is 0.122 e. The van der Waals surface area contributed by atoms with Crippen LogP contribution in [-0.4, -0.2) is 40.6 Å². The van der Waals surface area contributed by atoms with Gasteiger partial charge in [0.2, 0.25) is 0 Å². The molecule has 0 aliphatic heterocycles. The molecule has 0 fully saturated rings. The van der Waals surface area contributed by atoms with E-state index in [-0.39, 0.29) is 0 Å². The molecule has 4 heteroatoms. The Labute approximate surface area is 105 Å². The van der Waals surface area contributed by atoms with Crippen LogP contribution < -0.4 is 5.32 Å². The van der Waals surface area contributed by atoms with Crippen LogP contribution in [-0.2, 0) is 13.6 Å². The normalized spacial score (nSPS) is 13.6. The summed E-state index contributed by atoms with van der Waals surface area (Å²) < 4.78 is 2.08. The molecule has 1 N–H and O–H groups in total. The monoisotopic (exact) mass is 238 g/mol. The van der Waals surface area contributed by atoms with Gasteiger partial charge in [0.05, 0.1) is 6.54 Å². The van der Waals surface area contributed by atoms with E-state index < -0.39 is 0 Å². The molecule has 17 heavy (non-hydrogen) atoms. The van der Waals surface area contributed by atoms with Gasteiger partial charge in [0.15, 0.2) is 0 Å². The van der Waals surface area contributed by atoms with Crippen molar-refractivity contribution in [2.75, 3.05) is 20.1 Å². The maximum absolute atomic E-state index is 4.34. The summed E-state index contributed by atoms with van der Waals surface area (Å²) in [5, 5.41) is 3.47. The number of aryl methyl sites for hydroxylation is 1. The second-order valence-electron chi connectivity index (χ2n) is 5.32. The first-order valence-corrected chi connectivity index (χ1v) is 6.37. The SMILES string of the molecule is CC(CNC(C)C)CN(C)Cc1nccn1C. The fourth-order valence-corrected chi connectivity index (χ4v) is 1.89. The van der Waals surface area contributed by atoms with Crippen molar-refractivity contribution in [1.29, 1.82) is 0 Å². The van der Waals surface area contributed by atoms with Crippen LogP contribution in [0.5, 0.6) is 0 Å². The van der Waals surface area contributed by atoms with Gasteiger partial charge in [0.1, 0.15) is 5.82 Å². The Bertz CT molecular complexity index is 319. The van der Waals surface area contributed by atoms with Gasteiger partial charge in [0, 0.05) is 32.0 Å². The number of nitrogens with zero attached hydrogens (tertiary/aromatic N) is 3. The van der Waals surface area contributed by atoms with E-state index in [9.17, 15) is 0 Å². The van der Waals surface area contributed by atoms with Crippen molar-refractivity contribution in [1.82, 2.24) is 19.8 Å². The van der Waals surface area contributed by atoms with Gasteiger partial charge in [-0.3, -0.25) is 4.90 Å². The number of aromatic nitrogens is 2. The average Bonchev–Trinajstić information content (AvgIpc) is 2.61. The largest absolute Gasteiger partial charge is 0.337 e. The first-order chi connectivity index (χ1) is 7.99. The van der Waals surface area contributed by atoms with E-state index in [1.807, 2.05) is 19.4 Å². The highest BCUT2D eigenvalue weighted by molar-refractivity contribution is 4.90. The molecular weight excluding hydrogens is 212 g/mol. The molecule has 1 aromatic heterocycles. The van der Waals surface area contributed by atoms with Gasteiger partial charge in [-0.1, -0.05) is 20.8 Å². The third kappa shape index (κ3) is 5.33. The van der Waals surface area contributed by atoms with Crippen LogP contribution in [0, 0.1) is 5.92 Å². The predicted octanol–water partition coefficient (Wildman–Crippen LogP) is 1.49. The van der Waals surface area contributed by atoms with Crippen LogP contribution in [0.3, 0.4) is 0 Å². The number of imidazole rings is 1. The van der Waals surface area contributed by atoms with Crippen molar-refractivity contribution in [2.45, 2.75) is 33.4 Å². The number of hydrogen-bond donors (Lipinski definition) is 1. The van der Waals surface area contributed by atoms with E-state index in [1.165, 1.54) is 0 Å². The Morgan fingerprint density at radius 1 is 1.41 bits per heavy atom. The van der Waals surface area contributed by atoms with Crippen LogP contribution in [0.1, 0.15) is 26.6 Å². The van der Waals surface area contributed by atoms with Gasteiger partial charge in [0.25, 0.3) is 0 Å². The van der Waals surface area contributed by atoms with Crippen molar-refractivity contribution < 1.29 is 0 Å². The second kappa shape index (κ2) is 6.77. The summed E-state index contributed by atoms with van der Waals surface area (Å²) in [6.07, 6.45) is 3.85. The standard InChI is InChI=1S/C13H26N4/c1-11(2)15-8-12(3)9-16(4)10-13-14-6-7-17(13)5/h6-7,11-12,15H,8-10H2,1-5H3. The zero-order valence-electron chi connectivity index (χ0n) is 11.8. The van der Waals surface area contributed by atoms with Gasteiger partial charge in [-0.15, -0.1) is 0 Å². The molecule has 1 atom stereocenters. The summed E-state index contributed by atoms with van der Waals surface area (Å²) in [5.74, 6) is 1.78. The predicted molar refractivity (Wildman–Crippen MR) is 71.8 cm³/mol. The highest BCUT2D eigenvalue weighted by Gasteiger charge is 2.09. The van der Waals surface area contributed by atoms with Crippen molar-refractivity contribution in [3.8, 4) is 0 Å². The Morgan fingerprint density at radius 3 is 2.65 bits per heavy atom. The molecular formula is C13H26N4. The average molecular weight is 238 g/mol. The minimum absolute atomic E-state index is 0.567. The van der Waals surface area contributed by atoms with Crippen molar-refractivity contribution in [3.63, 3.8) is 0 Å². The lowest BCUT2D eigenvalue weighted by atomic mass is 10.1. The molecule has 0 aliphatic rings. The van der Waals surface area contributed by atoms with E-state index in [0.29, 0.717) is 12.0 Å². The lowest BCUT2D eigenvalue weighted by molar-refractivity contribution is 0.263. The molecule has 1 heterocycles. The van der Waals surface area contributed by atoms with Crippen molar-refractivity contribution in [2.24, 2.45) is 13.0 Å². The Hall–Kier alpha value is -0.870. The van der Waals surface area contributed by atoms with Crippen LogP contribution in [0.25, 0.3) is 0 Å². The quantitative estimate of drug-likeness (QED) is 0.781. The second-order valence-corrected chi connectivity index (χ2v) is 5.32. The summed E-state index contributed by atoms with van der Waals surface area (Å²) in [6, 6.07) is 0.567. The topological polar surface area (TPSA) is 33.1 Å². The zero-order chi connectivity index (χ0) is 12.8. The number of nitrogens with one attached hydrogen (secondary N) is 1. The lowest BCUT2D eigenvalue weighted by Crippen LogP contribution is -2.34. The molecule has 0 amide bonds. The first-order valence-electron chi connectivity index (χ1n) is 6.37. The van der Waals surface area contributed by atoms with E-state index in [2.05, 4.69) is 47.6 Å². The molecule has 0 aliphatic carbocycles. The van der Waals surface area contributed by atoms with Gasteiger partial charge in [-0.25, -0.2) is 4.98 Å². The summed E-state index contributed by atoms with van der Waals surface area (Å²) in [6.45, 7) is 9.73. The van der Waals surface area contributed by atoms with Crippen LogP contribution in [0.15, 0.2) is 12.4 Å². The molecule has 1 unspecified atom stereocenters. The lowest BCUT2D eigenvalue weighted by Gasteiger charge is -2.22. The molecule has 0 saturated heterocycles. The molecule has 1 rings (SSSR count). The summed E-state index contributed by atoms with van der Waals surface area (Å²) >= 11 is 0. The highest BCUT2D eigenvalue weighted by Crippen LogP contribution is 2.03. The third-order valence-corrected chi connectivity index (χ3v) is 2.83. The minimum Gasteiger partial charge on any atom is -0.337 e. The number of rotatable bonds is 7. The maximum Gasteiger partial charge on any atom is 0.122 e. The van der Waals surface area contributed by atoms with Gasteiger partial charge in [-0.2, -0.15) is 0 Å². The molecule has 0 spiro atoms. The molecule has 0 radical (unpaired) electrons. The fraction of sp³-hybridized carbons (Fsp3) is 0.769. The molecule has 0 aromatic carbocycles. The van der Waals surface area contributed by atoms with Gasteiger partial charge < -0.3 is 9.88 Å². The molecule has 0 saturated carbocycles. The highest BCUT2D eigenvalue weighted by atomic mass is 15.2. The molecule has 1 aromatic rings. The summed E-state index contributed by atoms with van der Waals surface area (Å²) in [4.78, 5) is 6.67. The van der Waals surface area contributed by atoms with Crippen LogP contribution in [0.2, 0.25) is 0 Å². The van der Waals surface area contributed by atoms with E-state index in [4.69, 9.17) is 0 Å². The van der Waals surface area contributed by atoms with Gasteiger partial charge >= 0.3 is 0 Å². The summed E-state index contributed by atoms with van der Waals surface area (Å²) in [7, 11) is 4.19. The molecule has 0 bridgehead atoms. The van der Waals surface area contributed by atoms with Crippen molar-refractivity contribution in [3.05, 3.63) is 18.2 Å². The summed E-state index contributed by atoms with van der Waals surface area (Å²) in [5.41, 5.74) is 0. The van der Waals surface area contributed by atoms with Crippen molar-refractivity contribution >= 4 is 0 Å². The molecule has 98 valence electrons.